The van der Waals surface area contributed by atoms with Gasteiger partial charge in [0.05, 0.1) is 10.0 Å². The van der Waals surface area contributed by atoms with Crippen LogP contribution in [0.1, 0.15) is 22.8 Å². The van der Waals surface area contributed by atoms with Crippen LogP contribution in [-0.4, -0.2) is 5.78 Å². The summed E-state index contributed by atoms with van der Waals surface area (Å²) in [6, 6.07) is 13.1. The van der Waals surface area contributed by atoms with Crippen LogP contribution >= 0.6 is 15.9 Å². The van der Waals surface area contributed by atoms with Gasteiger partial charge in [-0.2, -0.15) is 0 Å². The van der Waals surface area contributed by atoms with Crippen LogP contribution in [0.5, 0.6) is 11.5 Å². The van der Waals surface area contributed by atoms with E-state index in [1.54, 1.807) is 12.1 Å². The number of aryl methyl sites for hydroxylation is 1. The van der Waals surface area contributed by atoms with Crippen LogP contribution in [0.25, 0.3) is 0 Å². The highest BCUT2D eigenvalue weighted by Gasteiger charge is 2.10. The lowest BCUT2D eigenvalue weighted by Crippen LogP contribution is -1.97. The minimum Gasteiger partial charge on any atom is -0.455 e. The Kier molecular flexibility index (Phi) is 3.82. The number of benzene rings is 2. The summed E-state index contributed by atoms with van der Waals surface area (Å²) in [5, 5.41) is 0. The highest BCUT2D eigenvalue weighted by Crippen LogP contribution is 2.32. The van der Waals surface area contributed by atoms with Gasteiger partial charge in [0.2, 0.25) is 0 Å². The number of para-hydroxylation sites is 1. The van der Waals surface area contributed by atoms with E-state index in [4.69, 9.17) is 4.74 Å². The summed E-state index contributed by atoms with van der Waals surface area (Å²) in [6.07, 6.45) is 0. The molecule has 0 N–H and O–H groups in total. The van der Waals surface area contributed by atoms with Crippen LogP contribution in [0.2, 0.25) is 0 Å². The van der Waals surface area contributed by atoms with E-state index < -0.39 is 0 Å². The molecular weight excluding hydrogens is 292 g/mol. The molecular formula is C15H13BrO2. The van der Waals surface area contributed by atoms with Gasteiger partial charge in [-0.25, -0.2) is 0 Å². The van der Waals surface area contributed by atoms with Crippen molar-refractivity contribution >= 4 is 21.7 Å². The fourth-order valence-corrected chi connectivity index (χ4v) is 2.23. The van der Waals surface area contributed by atoms with Crippen LogP contribution in [-0.2, 0) is 0 Å². The lowest BCUT2D eigenvalue weighted by atomic mass is 10.1. The molecule has 2 rings (SSSR count). The number of ketones is 1. The summed E-state index contributed by atoms with van der Waals surface area (Å²) in [4.78, 5) is 11.5. The molecule has 0 saturated carbocycles. The minimum absolute atomic E-state index is 0.00571. The predicted octanol–water partition coefficient (Wildman–Crippen LogP) is 4.75. The Labute approximate surface area is 115 Å². The van der Waals surface area contributed by atoms with E-state index in [-0.39, 0.29) is 5.78 Å². The van der Waals surface area contributed by atoms with E-state index in [0.717, 1.165) is 10.0 Å². The quantitative estimate of drug-likeness (QED) is 0.765. The molecule has 2 aromatic rings. The van der Waals surface area contributed by atoms with Crippen molar-refractivity contribution in [2.24, 2.45) is 0 Å². The van der Waals surface area contributed by atoms with Crippen LogP contribution in [0.3, 0.4) is 0 Å². The Morgan fingerprint density at radius 1 is 1.11 bits per heavy atom. The molecule has 0 unspecified atom stereocenters. The molecule has 0 radical (unpaired) electrons. The van der Waals surface area contributed by atoms with Gasteiger partial charge >= 0.3 is 0 Å². The monoisotopic (exact) mass is 304 g/mol. The van der Waals surface area contributed by atoms with Crippen LogP contribution < -0.4 is 4.74 Å². The summed E-state index contributed by atoms with van der Waals surface area (Å²) in [7, 11) is 0. The maximum atomic E-state index is 11.5. The molecule has 0 bridgehead atoms. The van der Waals surface area contributed by atoms with Crippen molar-refractivity contribution in [3.8, 4) is 11.5 Å². The fraction of sp³-hybridized carbons (Fsp3) is 0.133. The zero-order valence-corrected chi connectivity index (χ0v) is 11.8. The van der Waals surface area contributed by atoms with Crippen molar-refractivity contribution < 1.29 is 9.53 Å². The molecule has 0 spiro atoms. The molecule has 0 heterocycles. The van der Waals surface area contributed by atoms with Gasteiger partial charge in [0, 0.05) is 0 Å². The van der Waals surface area contributed by atoms with Crippen molar-refractivity contribution in [2.75, 3.05) is 0 Å². The second kappa shape index (κ2) is 5.36. The normalized spacial score (nSPS) is 10.2. The van der Waals surface area contributed by atoms with Gasteiger partial charge in [0.1, 0.15) is 11.5 Å². The standard InChI is InChI=1S/C15H13BrO2/c1-10-7-8-15(13(16)9-10)18-14-6-4-3-5-12(14)11(2)17/h3-9H,1-2H3. The lowest BCUT2D eigenvalue weighted by Gasteiger charge is -2.11. The number of carbonyl (C=O) groups is 1. The molecule has 2 nitrogen and oxygen atoms in total. The first kappa shape index (κ1) is 12.8. The number of hydrogen-bond acceptors (Lipinski definition) is 2. The highest BCUT2D eigenvalue weighted by atomic mass is 79.9. The smallest absolute Gasteiger partial charge is 0.163 e. The largest absolute Gasteiger partial charge is 0.455 e. The molecule has 92 valence electrons. The van der Waals surface area contributed by atoms with Crippen LogP contribution in [0.4, 0.5) is 0 Å². The Balaban J connectivity index is 2.37. The molecule has 0 aliphatic heterocycles. The Morgan fingerprint density at radius 2 is 1.83 bits per heavy atom. The molecule has 0 fully saturated rings. The van der Waals surface area contributed by atoms with Gasteiger partial charge in [0.15, 0.2) is 5.78 Å². The van der Waals surface area contributed by atoms with Gasteiger partial charge in [-0.05, 0) is 59.6 Å². The number of Topliss-reactive ketones (excluding diaryl/α,β-unsaturated/α-hetero) is 1. The zero-order valence-electron chi connectivity index (χ0n) is 10.2. The topological polar surface area (TPSA) is 26.3 Å². The van der Waals surface area contributed by atoms with Crippen molar-refractivity contribution in [2.45, 2.75) is 13.8 Å². The Hall–Kier alpha value is -1.61. The average molecular weight is 305 g/mol. The minimum atomic E-state index is -0.00571. The molecule has 18 heavy (non-hydrogen) atoms. The van der Waals surface area contributed by atoms with Gasteiger partial charge in [-0.3, -0.25) is 4.79 Å². The average Bonchev–Trinajstić information content (AvgIpc) is 2.33. The predicted molar refractivity (Wildman–Crippen MR) is 75.4 cm³/mol. The first-order valence-electron chi connectivity index (χ1n) is 5.62. The molecule has 0 amide bonds. The Bertz CT molecular complexity index is 591. The van der Waals surface area contributed by atoms with Crippen molar-refractivity contribution in [1.82, 2.24) is 0 Å². The van der Waals surface area contributed by atoms with Crippen molar-refractivity contribution in [3.05, 3.63) is 58.1 Å². The van der Waals surface area contributed by atoms with Gasteiger partial charge in [-0.1, -0.05) is 18.2 Å². The zero-order chi connectivity index (χ0) is 13.1. The molecule has 0 aromatic heterocycles. The van der Waals surface area contributed by atoms with E-state index in [2.05, 4.69) is 15.9 Å². The third kappa shape index (κ3) is 2.79. The summed E-state index contributed by atoms with van der Waals surface area (Å²) in [6.45, 7) is 3.55. The SMILES string of the molecule is CC(=O)c1ccccc1Oc1ccc(C)cc1Br. The number of hydrogen-bond donors (Lipinski definition) is 0. The molecule has 0 aliphatic carbocycles. The fourth-order valence-electron chi connectivity index (χ4n) is 1.65. The highest BCUT2D eigenvalue weighted by molar-refractivity contribution is 9.10. The van der Waals surface area contributed by atoms with E-state index in [0.29, 0.717) is 17.1 Å². The Morgan fingerprint density at radius 3 is 2.50 bits per heavy atom. The van der Waals surface area contributed by atoms with Gasteiger partial charge < -0.3 is 4.74 Å². The van der Waals surface area contributed by atoms with Crippen LogP contribution in [0.15, 0.2) is 46.9 Å². The van der Waals surface area contributed by atoms with E-state index in [9.17, 15) is 4.79 Å². The first-order chi connectivity index (χ1) is 8.58. The summed E-state index contributed by atoms with van der Waals surface area (Å²) in [5.74, 6) is 1.28. The van der Waals surface area contributed by atoms with Crippen molar-refractivity contribution in [3.63, 3.8) is 0 Å². The molecule has 2 aromatic carbocycles. The molecule has 3 heteroatoms. The third-order valence-electron chi connectivity index (χ3n) is 2.57. The van der Waals surface area contributed by atoms with Gasteiger partial charge in [0.25, 0.3) is 0 Å². The van der Waals surface area contributed by atoms with Gasteiger partial charge in [-0.15, -0.1) is 0 Å². The maximum absolute atomic E-state index is 11.5. The third-order valence-corrected chi connectivity index (χ3v) is 3.19. The summed E-state index contributed by atoms with van der Waals surface area (Å²) in [5.41, 5.74) is 1.74. The summed E-state index contributed by atoms with van der Waals surface area (Å²) < 4.78 is 6.66. The first-order valence-corrected chi connectivity index (χ1v) is 6.41. The van der Waals surface area contributed by atoms with Crippen LogP contribution in [0, 0.1) is 6.92 Å². The molecule has 0 saturated heterocycles. The number of carbonyl (C=O) groups excluding carboxylic acids is 1. The number of ether oxygens (including phenoxy) is 1. The number of halogens is 1. The van der Waals surface area contributed by atoms with E-state index in [1.807, 2.05) is 37.3 Å². The summed E-state index contributed by atoms with van der Waals surface area (Å²) >= 11 is 3.46. The second-order valence-electron chi connectivity index (χ2n) is 4.09. The second-order valence-corrected chi connectivity index (χ2v) is 4.94. The molecule has 0 aliphatic rings. The van der Waals surface area contributed by atoms with E-state index in [1.165, 1.54) is 6.92 Å². The maximum Gasteiger partial charge on any atom is 0.163 e. The molecule has 0 atom stereocenters. The van der Waals surface area contributed by atoms with Crippen molar-refractivity contribution in [1.29, 1.82) is 0 Å². The van der Waals surface area contributed by atoms with E-state index >= 15 is 0 Å². The lowest BCUT2D eigenvalue weighted by molar-refractivity contribution is 0.101. The number of rotatable bonds is 3.